The molecule has 0 aliphatic rings. The van der Waals surface area contributed by atoms with Gasteiger partial charge in [0.2, 0.25) is 0 Å². The Bertz CT molecular complexity index is 292. The summed E-state index contributed by atoms with van der Waals surface area (Å²) in [6.45, 7) is 6.69. The van der Waals surface area contributed by atoms with Crippen molar-refractivity contribution in [2.24, 2.45) is 0 Å². The summed E-state index contributed by atoms with van der Waals surface area (Å²) in [6.07, 6.45) is 1.10. The van der Waals surface area contributed by atoms with Crippen LogP contribution in [0.1, 0.15) is 31.8 Å². The SMILES string of the molecule is CC(C)(C)NCC(O)c1cnc(N)s1. The van der Waals surface area contributed by atoms with Crippen LogP contribution < -0.4 is 11.1 Å². The fourth-order valence-electron chi connectivity index (χ4n) is 0.958. The van der Waals surface area contributed by atoms with Gasteiger partial charge in [0, 0.05) is 18.3 Å². The van der Waals surface area contributed by atoms with Crippen LogP contribution in [0.3, 0.4) is 0 Å². The summed E-state index contributed by atoms with van der Waals surface area (Å²) in [4.78, 5) is 4.70. The molecule has 0 saturated carbocycles. The summed E-state index contributed by atoms with van der Waals surface area (Å²) in [7, 11) is 0. The molecule has 4 nitrogen and oxygen atoms in total. The van der Waals surface area contributed by atoms with Crippen LogP contribution in [0.25, 0.3) is 0 Å². The predicted molar refractivity (Wildman–Crippen MR) is 59.2 cm³/mol. The third-order valence-electron chi connectivity index (χ3n) is 1.70. The molecule has 14 heavy (non-hydrogen) atoms. The van der Waals surface area contributed by atoms with E-state index in [0.717, 1.165) is 4.88 Å². The summed E-state index contributed by atoms with van der Waals surface area (Å²) in [5.74, 6) is 0. The van der Waals surface area contributed by atoms with E-state index in [-0.39, 0.29) is 5.54 Å². The van der Waals surface area contributed by atoms with Crippen molar-refractivity contribution in [1.29, 1.82) is 0 Å². The van der Waals surface area contributed by atoms with E-state index in [1.807, 2.05) is 0 Å². The lowest BCUT2D eigenvalue weighted by atomic mass is 10.1. The van der Waals surface area contributed by atoms with Gasteiger partial charge in [0.1, 0.15) is 6.10 Å². The molecule has 4 N–H and O–H groups in total. The number of aromatic nitrogens is 1. The maximum atomic E-state index is 9.75. The number of rotatable bonds is 3. The number of nitrogens with two attached hydrogens (primary N) is 1. The molecule has 0 radical (unpaired) electrons. The molecule has 1 aromatic rings. The van der Waals surface area contributed by atoms with Crippen LogP contribution in [0.2, 0.25) is 0 Å². The number of aliphatic hydroxyl groups excluding tert-OH is 1. The van der Waals surface area contributed by atoms with Crippen LogP contribution in [0.5, 0.6) is 0 Å². The number of anilines is 1. The number of aliphatic hydroxyl groups is 1. The number of hydrogen-bond donors (Lipinski definition) is 3. The van der Waals surface area contributed by atoms with Crippen molar-refractivity contribution >= 4 is 16.5 Å². The second kappa shape index (κ2) is 4.25. The van der Waals surface area contributed by atoms with Gasteiger partial charge in [0.15, 0.2) is 5.13 Å². The zero-order valence-corrected chi connectivity index (χ0v) is 9.56. The molecule has 1 heterocycles. The summed E-state index contributed by atoms with van der Waals surface area (Å²) >= 11 is 1.32. The molecule has 0 amide bonds. The van der Waals surface area contributed by atoms with Crippen molar-refractivity contribution in [2.75, 3.05) is 12.3 Å². The lowest BCUT2D eigenvalue weighted by Crippen LogP contribution is -2.38. The second-order valence-corrected chi connectivity index (χ2v) is 5.34. The molecule has 1 aromatic heterocycles. The Morgan fingerprint density at radius 2 is 2.29 bits per heavy atom. The zero-order valence-electron chi connectivity index (χ0n) is 8.74. The summed E-state index contributed by atoms with van der Waals surface area (Å²) in [5.41, 5.74) is 5.49. The van der Waals surface area contributed by atoms with Crippen LogP contribution in [0.4, 0.5) is 5.13 Å². The fourth-order valence-corrected chi connectivity index (χ4v) is 1.63. The van der Waals surface area contributed by atoms with Crippen molar-refractivity contribution in [2.45, 2.75) is 32.4 Å². The highest BCUT2D eigenvalue weighted by atomic mass is 32.1. The maximum absolute atomic E-state index is 9.75. The molecule has 1 rings (SSSR count). The van der Waals surface area contributed by atoms with E-state index in [2.05, 4.69) is 31.1 Å². The van der Waals surface area contributed by atoms with E-state index >= 15 is 0 Å². The highest BCUT2D eigenvalue weighted by Crippen LogP contribution is 2.21. The Balaban J connectivity index is 2.47. The number of β-amino-alcohol motifs (C(OH)–C–C–N with tert-alkyl or cyclic N) is 1. The second-order valence-electron chi connectivity index (χ2n) is 4.25. The van der Waals surface area contributed by atoms with Gasteiger partial charge < -0.3 is 16.2 Å². The third kappa shape index (κ3) is 3.61. The Morgan fingerprint density at radius 3 is 2.71 bits per heavy atom. The summed E-state index contributed by atoms with van der Waals surface area (Å²) < 4.78 is 0. The van der Waals surface area contributed by atoms with Crippen LogP contribution in [-0.4, -0.2) is 22.2 Å². The highest BCUT2D eigenvalue weighted by molar-refractivity contribution is 7.15. The van der Waals surface area contributed by atoms with E-state index in [1.54, 1.807) is 6.20 Å². The quantitative estimate of drug-likeness (QED) is 0.707. The van der Waals surface area contributed by atoms with Crippen molar-refractivity contribution in [3.8, 4) is 0 Å². The average molecular weight is 215 g/mol. The van der Waals surface area contributed by atoms with Crippen LogP contribution in [0, 0.1) is 0 Å². The standard InChI is InChI=1S/C9H17N3OS/c1-9(2,3)12-4-6(13)7-5-11-8(10)14-7/h5-6,12-13H,4H2,1-3H3,(H2,10,11). The van der Waals surface area contributed by atoms with Crippen molar-refractivity contribution in [1.82, 2.24) is 10.3 Å². The first-order valence-corrected chi connectivity index (χ1v) is 5.34. The predicted octanol–water partition coefficient (Wildman–Crippen LogP) is 1.15. The smallest absolute Gasteiger partial charge is 0.180 e. The summed E-state index contributed by atoms with van der Waals surface area (Å²) in [5, 5.41) is 13.5. The Labute approximate surface area is 88.2 Å². The lowest BCUT2D eigenvalue weighted by Gasteiger charge is -2.22. The maximum Gasteiger partial charge on any atom is 0.180 e. The number of thiazole rings is 1. The van der Waals surface area contributed by atoms with Gasteiger partial charge in [-0.25, -0.2) is 4.98 Å². The number of nitrogens with one attached hydrogen (secondary N) is 1. The molecular formula is C9H17N3OS. The minimum atomic E-state index is -0.524. The van der Waals surface area contributed by atoms with E-state index in [1.165, 1.54) is 11.3 Å². The first-order chi connectivity index (χ1) is 6.38. The van der Waals surface area contributed by atoms with Crippen LogP contribution >= 0.6 is 11.3 Å². The largest absolute Gasteiger partial charge is 0.386 e. The molecule has 0 spiro atoms. The average Bonchev–Trinajstić information content (AvgIpc) is 2.46. The van der Waals surface area contributed by atoms with Crippen LogP contribution in [-0.2, 0) is 0 Å². The number of hydrogen-bond acceptors (Lipinski definition) is 5. The van der Waals surface area contributed by atoms with Gasteiger partial charge in [0.05, 0.1) is 4.88 Å². The van der Waals surface area contributed by atoms with Gasteiger partial charge in [-0.2, -0.15) is 0 Å². The molecule has 5 heteroatoms. The Hall–Kier alpha value is -0.650. The topological polar surface area (TPSA) is 71.2 Å². The minimum absolute atomic E-state index is 0.0111. The molecule has 0 saturated heterocycles. The zero-order chi connectivity index (χ0) is 10.8. The highest BCUT2D eigenvalue weighted by Gasteiger charge is 2.15. The molecule has 1 unspecified atom stereocenters. The molecule has 0 bridgehead atoms. The molecule has 0 fully saturated rings. The fraction of sp³-hybridized carbons (Fsp3) is 0.667. The normalized spacial score (nSPS) is 14.3. The molecule has 1 atom stereocenters. The number of nitrogens with zero attached hydrogens (tertiary/aromatic N) is 1. The molecule has 0 aromatic carbocycles. The molecule has 0 aliphatic heterocycles. The van der Waals surface area contributed by atoms with Gasteiger partial charge in [0.25, 0.3) is 0 Å². The number of nitrogen functional groups attached to an aromatic ring is 1. The van der Waals surface area contributed by atoms with Gasteiger partial charge in [-0.05, 0) is 20.8 Å². The Morgan fingerprint density at radius 1 is 1.64 bits per heavy atom. The van der Waals surface area contributed by atoms with Gasteiger partial charge in [-0.1, -0.05) is 11.3 Å². The van der Waals surface area contributed by atoms with Crippen LogP contribution in [0.15, 0.2) is 6.20 Å². The first kappa shape index (κ1) is 11.4. The van der Waals surface area contributed by atoms with Gasteiger partial charge in [-0.15, -0.1) is 0 Å². The van der Waals surface area contributed by atoms with E-state index in [9.17, 15) is 5.11 Å². The molecule has 80 valence electrons. The Kier molecular flexibility index (Phi) is 3.47. The monoisotopic (exact) mass is 215 g/mol. The van der Waals surface area contributed by atoms with Crippen molar-refractivity contribution < 1.29 is 5.11 Å². The lowest BCUT2D eigenvalue weighted by molar-refractivity contribution is 0.166. The van der Waals surface area contributed by atoms with Gasteiger partial charge >= 0.3 is 0 Å². The van der Waals surface area contributed by atoms with E-state index in [0.29, 0.717) is 11.7 Å². The summed E-state index contributed by atoms with van der Waals surface area (Å²) in [6, 6.07) is 0. The first-order valence-electron chi connectivity index (χ1n) is 4.53. The molecular weight excluding hydrogens is 198 g/mol. The minimum Gasteiger partial charge on any atom is -0.386 e. The van der Waals surface area contributed by atoms with E-state index in [4.69, 9.17) is 5.73 Å². The third-order valence-corrected chi connectivity index (χ3v) is 2.62. The van der Waals surface area contributed by atoms with Gasteiger partial charge in [-0.3, -0.25) is 0 Å². The van der Waals surface area contributed by atoms with Crippen molar-refractivity contribution in [3.63, 3.8) is 0 Å². The van der Waals surface area contributed by atoms with E-state index < -0.39 is 6.10 Å². The van der Waals surface area contributed by atoms with Crippen molar-refractivity contribution in [3.05, 3.63) is 11.1 Å². The molecule has 0 aliphatic carbocycles.